The van der Waals surface area contributed by atoms with Crippen molar-refractivity contribution in [2.45, 2.75) is 37.9 Å². The van der Waals surface area contributed by atoms with Gasteiger partial charge in [-0.05, 0) is 37.1 Å². The summed E-state index contributed by atoms with van der Waals surface area (Å²) in [6.45, 7) is 0.279. The number of anilines is 2. The van der Waals surface area contributed by atoms with Gasteiger partial charge in [-0.1, -0.05) is 12.1 Å². The van der Waals surface area contributed by atoms with Crippen molar-refractivity contribution in [2.75, 3.05) is 23.4 Å². The van der Waals surface area contributed by atoms with E-state index >= 15 is 0 Å². The molecule has 150 valence electrons. The molecule has 0 saturated heterocycles. The lowest BCUT2D eigenvalue weighted by molar-refractivity contribution is -0.121. The number of hydrogen-bond donors (Lipinski definition) is 1. The molecule has 3 aliphatic rings. The number of benzene rings is 2. The van der Waals surface area contributed by atoms with Gasteiger partial charge in [0.1, 0.15) is 5.75 Å². The van der Waals surface area contributed by atoms with Crippen LogP contribution in [0, 0.1) is 0 Å². The average Bonchev–Trinajstić information content (AvgIpc) is 3.32. The van der Waals surface area contributed by atoms with Crippen LogP contribution in [0.1, 0.15) is 32.1 Å². The summed E-state index contributed by atoms with van der Waals surface area (Å²) in [5.41, 5.74) is 1.35. The Morgan fingerprint density at radius 3 is 2.69 bits per heavy atom. The Labute approximate surface area is 168 Å². The number of para-hydroxylation sites is 2. The van der Waals surface area contributed by atoms with Gasteiger partial charge in [0.2, 0.25) is 5.91 Å². The van der Waals surface area contributed by atoms with E-state index in [0.29, 0.717) is 29.4 Å². The van der Waals surface area contributed by atoms with Crippen molar-refractivity contribution in [1.29, 1.82) is 0 Å². The molecule has 2 amide bonds. The molecule has 5 rings (SSSR count). The molecule has 1 aliphatic carbocycles. The van der Waals surface area contributed by atoms with Crippen LogP contribution in [0.5, 0.6) is 17.2 Å². The molecule has 0 aromatic heterocycles. The molecule has 1 fully saturated rings. The van der Waals surface area contributed by atoms with Crippen LogP contribution in [-0.2, 0) is 9.59 Å². The van der Waals surface area contributed by atoms with Crippen LogP contribution < -0.4 is 24.4 Å². The number of ether oxygens (including phenoxy) is 3. The quantitative estimate of drug-likeness (QED) is 0.859. The Hall–Kier alpha value is -3.22. The van der Waals surface area contributed by atoms with Gasteiger partial charge in [-0.2, -0.15) is 0 Å². The zero-order valence-electron chi connectivity index (χ0n) is 16.0. The standard InChI is InChI=1S/C22H22N2O5/c25-20(9-12-24-16-5-1-2-6-17(16)27-14-21(24)26)23-15-7-8-18-19(13-15)29-22(28-18)10-3-4-11-22/h1-2,5-8,13H,3-4,9-12,14H2,(H,23,25). The van der Waals surface area contributed by atoms with Crippen LogP contribution in [0.3, 0.4) is 0 Å². The van der Waals surface area contributed by atoms with Crippen molar-refractivity contribution in [2.24, 2.45) is 0 Å². The van der Waals surface area contributed by atoms with E-state index in [1.807, 2.05) is 36.4 Å². The largest absolute Gasteiger partial charge is 0.482 e. The predicted octanol–water partition coefficient (Wildman–Crippen LogP) is 3.48. The van der Waals surface area contributed by atoms with Crippen molar-refractivity contribution < 1.29 is 23.8 Å². The molecular formula is C22H22N2O5. The third kappa shape index (κ3) is 3.37. The van der Waals surface area contributed by atoms with Crippen molar-refractivity contribution in [3.8, 4) is 17.2 Å². The van der Waals surface area contributed by atoms with Crippen LogP contribution >= 0.6 is 0 Å². The molecule has 0 atom stereocenters. The van der Waals surface area contributed by atoms with Crippen LogP contribution in [0.4, 0.5) is 11.4 Å². The van der Waals surface area contributed by atoms with Gasteiger partial charge in [-0.25, -0.2) is 0 Å². The van der Waals surface area contributed by atoms with E-state index in [9.17, 15) is 9.59 Å². The number of amides is 2. The molecule has 1 spiro atoms. The molecule has 2 aliphatic heterocycles. The van der Waals surface area contributed by atoms with E-state index in [1.54, 1.807) is 11.0 Å². The van der Waals surface area contributed by atoms with Crippen LogP contribution in [-0.4, -0.2) is 30.8 Å². The minimum absolute atomic E-state index is 0.0114. The number of nitrogens with one attached hydrogen (secondary N) is 1. The van der Waals surface area contributed by atoms with Crippen molar-refractivity contribution in [1.82, 2.24) is 0 Å². The summed E-state index contributed by atoms with van der Waals surface area (Å²) in [6, 6.07) is 12.8. The molecule has 1 saturated carbocycles. The lowest BCUT2D eigenvalue weighted by Gasteiger charge is -2.29. The molecule has 7 heteroatoms. The highest BCUT2D eigenvalue weighted by Crippen LogP contribution is 2.47. The van der Waals surface area contributed by atoms with Gasteiger partial charge in [-0.3, -0.25) is 9.59 Å². The van der Waals surface area contributed by atoms with Gasteiger partial charge in [0.05, 0.1) is 5.69 Å². The predicted molar refractivity (Wildman–Crippen MR) is 106 cm³/mol. The zero-order valence-corrected chi connectivity index (χ0v) is 16.0. The third-order valence-electron chi connectivity index (χ3n) is 5.56. The van der Waals surface area contributed by atoms with Gasteiger partial charge in [-0.15, -0.1) is 0 Å². The van der Waals surface area contributed by atoms with Gasteiger partial charge in [0, 0.05) is 37.6 Å². The highest BCUT2D eigenvalue weighted by Gasteiger charge is 2.44. The summed E-state index contributed by atoms with van der Waals surface area (Å²) in [5, 5.41) is 2.89. The maximum absolute atomic E-state index is 12.5. The van der Waals surface area contributed by atoms with E-state index in [2.05, 4.69) is 5.32 Å². The molecule has 29 heavy (non-hydrogen) atoms. The number of carbonyl (C=O) groups is 2. The normalized spacial score (nSPS) is 18.5. The fourth-order valence-electron chi connectivity index (χ4n) is 4.13. The Bertz CT molecular complexity index is 967. The van der Waals surface area contributed by atoms with Crippen LogP contribution in [0.25, 0.3) is 0 Å². The van der Waals surface area contributed by atoms with Crippen molar-refractivity contribution in [3.63, 3.8) is 0 Å². The molecule has 0 bridgehead atoms. The first-order chi connectivity index (χ1) is 14.1. The van der Waals surface area contributed by atoms with E-state index in [-0.39, 0.29) is 24.8 Å². The Morgan fingerprint density at radius 2 is 1.83 bits per heavy atom. The summed E-state index contributed by atoms with van der Waals surface area (Å²) < 4.78 is 17.5. The van der Waals surface area contributed by atoms with Gasteiger partial charge >= 0.3 is 0 Å². The van der Waals surface area contributed by atoms with Gasteiger partial charge in [0.15, 0.2) is 18.1 Å². The molecule has 1 N–H and O–H groups in total. The molecule has 0 unspecified atom stereocenters. The summed E-state index contributed by atoms with van der Waals surface area (Å²) in [6.07, 6.45) is 4.15. The Kier molecular flexibility index (Phi) is 4.30. The molecule has 0 radical (unpaired) electrons. The number of fused-ring (bicyclic) bond motifs is 2. The molecular weight excluding hydrogens is 372 g/mol. The van der Waals surface area contributed by atoms with E-state index in [0.717, 1.165) is 31.4 Å². The molecule has 2 aromatic carbocycles. The SMILES string of the molecule is O=C(CCN1C(=O)COc2ccccc21)Nc1ccc2c(c1)OC1(CCCC1)O2. The highest BCUT2D eigenvalue weighted by atomic mass is 16.7. The summed E-state index contributed by atoms with van der Waals surface area (Å²) in [5.74, 6) is 1.21. The number of carbonyl (C=O) groups excluding carboxylic acids is 2. The minimum Gasteiger partial charge on any atom is -0.482 e. The topological polar surface area (TPSA) is 77.1 Å². The smallest absolute Gasteiger partial charge is 0.265 e. The van der Waals surface area contributed by atoms with Gasteiger partial charge < -0.3 is 24.4 Å². The van der Waals surface area contributed by atoms with Crippen LogP contribution in [0.2, 0.25) is 0 Å². The fourth-order valence-corrected chi connectivity index (χ4v) is 4.13. The second-order valence-corrected chi connectivity index (χ2v) is 7.58. The minimum atomic E-state index is -0.519. The molecule has 2 aromatic rings. The number of hydrogen-bond acceptors (Lipinski definition) is 5. The molecule has 7 nitrogen and oxygen atoms in total. The maximum atomic E-state index is 12.5. The van der Waals surface area contributed by atoms with E-state index in [4.69, 9.17) is 14.2 Å². The van der Waals surface area contributed by atoms with Crippen molar-refractivity contribution >= 4 is 23.2 Å². The van der Waals surface area contributed by atoms with Crippen LogP contribution in [0.15, 0.2) is 42.5 Å². The summed E-state index contributed by atoms with van der Waals surface area (Å²) in [4.78, 5) is 26.3. The summed E-state index contributed by atoms with van der Waals surface area (Å²) in [7, 11) is 0. The monoisotopic (exact) mass is 394 g/mol. The van der Waals surface area contributed by atoms with E-state index in [1.165, 1.54) is 0 Å². The Balaban J connectivity index is 1.22. The zero-order chi connectivity index (χ0) is 19.8. The first-order valence-corrected chi connectivity index (χ1v) is 9.96. The third-order valence-corrected chi connectivity index (χ3v) is 5.56. The van der Waals surface area contributed by atoms with E-state index < -0.39 is 5.79 Å². The highest BCUT2D eigenvalue weighted by molar-refractivity contribution is 5.99. The number of nitrogens with zero attached hydrogens (tertiary/aromatic N) is 1. The fraction of sp³-hybridized carbons (Fsp3) is 0.364. The second-order valence-electron chi connectivity index (χ2n) is 7.58. The Morgan fingerprint density at radius 1 is 1.03 bits per heavy atom. The molecule has 2 heterocycles. The maximum Gasteiger partial charge on any atom is 0.265 e. The van der Waals surface area contributed by atoms with Gasteiger partial charge in [0.25, 0.3) is 11.7 Å². The number of rotatable bonds is 4. The first-order valence-electron chi connectivity index (χ1n) is 9.96. The first kappa shape index (κ1) is 17.8. The summed E-state index contributed by atoms with van der Waals surface area (Å²) >= 11 is 0. The average molecular weight is 394 g/mol. The lowest BCUT2D eigenvalue weighted by Crippen LogP contribution is -2.40. The second kappa shape index (κ2) is 6.99. The van der Waals surface area contributed by atoms with Crippen molar-refractivity contribution in [3.05, 3.63) is 42.5 Å². The lowest BCUT2D eigenvalue weighted by atomic mass is 10.2.